The summed E-state index contributed by atoms with van der Waals surface area (Å²) in [6.07, 6.45) is 3.56. The summed E-state index contributed by atoms with van der Waals surface area (Å²) in [5.41, 5.74) is 0. The molecule has 3 heteroatoms. The van der Waals surface area contributed by atoms with Gasteiger partial charge in [0, 0.05) is 12.6 Å². The van der Waals surface area contributed by atoms with Crippen LogP contribution in [0.3, 0.4) is 0 Å². The molecule has 2 saturated heterocycles. The van der Waals surface area contributed by atoms with Crippen LogP contribution in [0.5, 0.6) is 0 Å². The van der Waals surface area contributed by atoms with Crippen LogP contribution >= 0.6 is 0 Å². The van der Waals surface area contributed by atoms with Gasteiger partial charge in [0.05, 0.1) is 5.92 Å². The van der Waals surface area contributed by atoms with Crippen molar-refractivity contribution in [3.05, 3.63) is 0 Å². The van der Waals surface area contributed by atoms with E-state index in [1.54, 1.807) is 0 Å². The van der Waals surface area contributed by atoms with Gasteiger partial charge in [-0.3, -0.25) is 9.69 Å². The van der Waals surface area contributed by atoms with E-state index in [9.17, 15) is 4.79 Å². The molecule has 2 atom stereocenters. The van der Waals surface area contributed by atoms with E-state index in [0.29, 0.717) is 6.04 Å². The largest absolute Gasteiger partial charge is 0.481 e. The SMILES string of the molecule is O=C(O)C1CN2CCCCC12. The van der Waals surface area contributed by atoms with Gasteiger partial charge in [-0.1, -0.05) is 6.42 Å². The van der Waals surface area contributed by atoms with E-state index in [1.165, 1.54) is 12.8 Å². The molecule has 0 aromatic carbocycles. The molecule has 2 aliphatic heterocycles. The minimum Gasteiger partial charge on any atom is -0.481 e. The molecule has 0 aliphatic carbocycles. The second kappa shape index (κ2) is 2.48. The average molecular weight is 155 g/mol. The number of hydrogen-bond acceptors (Lipinski definition) is 2. The van der Waals surface area contributed by atoms with Crippen LogP contribution in [0.4, 0.5) is 0 Å². The molecule has 0 saturated carbocycles. The van der Waals surface area contributed by atoms with Crippen LogP contribution in [0.2, 0.25) is 0 Å². The molecule has 2 fully saturated rings. The molecule has 0 radical (unpaired) electrons. The fourth-order valence-electron chi connectivity index (χ4n) is 2.18. The number of nitrogens with zero attached hydrogens (tertiary/aromatic N) is 1. The molecule has 0 aromatic rings. The molecule has 0 amide bonds. The Labute approximate surface area is 66.0 Å². The highest BCUT2D eigenvalue weighted by atomic mass is 16.4. The number of fused-ring (bicyclic) bond motifs is 1. The van der Waals surface area contributed by atoms with Crippen LogP contribution < -0.4 is 0 Å². The minimum atomic E-state index is -0.604. The lowest BCUT2D eigenvalue weighted by molar-refractivity contribution is -0.154. The van der Waals surface area contributed by atoms with Crippen molar-refractivity contribution in [2.45, 2.75) is 25.3 Å². The highest BCUT2D eigenvalue weighted by Crippen LogP contribution is 2.32. The fraction of sp³-hybridized carbons (Fsp3) is 0.875. The van der Waals surface area contributed by atoms with Crippen LogP contribution in [0.1, 0.15) is 19.3 Å². The normalized spacial score (nSPS) is 37.5. The zero-order chi connectivity index (χ0) is 7.84. The third-order valence-corrected chi connectivity index (χ3v) is 2.88. The van der Waals surface area contributed by atoms with Crippen molar-refractivity contribution in [2.75, 3.05) is 13.1 Å². The first kappa shape index (κ1) is 7.10. The van der Waals surface area contributed by atoms with Crippen molar-refractivity contribution in [3.63, 3.8) is 0 Å². The van der Waals surface area contributed by atoms with E-state index in [0.717, 1.165) is 19.5 Å². The highest BCUT2D eigenvalue weighted by Gasteiger charge is 2.43. The quantitative estimate of drug-likeness (QED) is 0.601. The Morgan fingerprint density at radius 3 is 2.91 bits per heavy atom. The fourth-order valence-corrected chi connectivity index (χ4v) is 2.18. The van der Waals surface area contributed by atoms with Crippen molar-refractivity contribution in [1.29, 1.82) is 0 Å². The molecule has 62 valence electrons. The zero-order valence-electron chi connectivity index (χ0n) is 6.49. The lowest BCUT2D eigenvalue weighted by Gasteiger charge is -2.48. The molecule has 11 heavy (non-hydrogen) atoms. The van der Waals surface area contributed by atoms with Gasteiger partial charge in [0.1, 0.15) is 0 Å². The van der Waals surface area contributed by atoms with Crippen molar-refractivity contribution < 1.29 is 9.90 Å². The summed E-state index contributed by atoms with van der Waals surface area (Å²) >= 11 is 0. The van der Waals surface area contributed by atoms with Crippen LogP contribution in [-0.2, 0) is 4.79 Å². The van der Waals surface area contributed by atoms with E-state index in [-0.39, 0.29) is 5.92 Å². The maximum absolute atomic E-state index is 10.6. The van der Waals surface area contributed by atoms with Crippen molar-refractivity contribution in [2.24, 2.45) is 5.92 Å². The van der Waals surface area contributed by atoms with E-state index in [2.05, 4.69) is 4.90 Å². The summed E-state index contributed by atoms with van der Waals surface area (Å²) in [4.78, 5) is 12.9. The number of rotatable bonds is 1. The Kier molecular flexibility index (Phi) is 1.60. The molecule has 0 bridgehead atoms. The molecular weight excluding hydrogens is 142 g/mol. The molecule has 1 N–H and O–H groups in total. The number of hydrogen-bond donors (Lipinski definition) is 1. The van der Waals surface area contributed by atoms with Gasteiger partial charge in [-0.15, -0.1) is 0 Å². The zero-order valence-corrected chi connectivity index (χ0v) is 6.49. The first-order chi connectivity index (χ1) is 5.29. The molecule has 0 aromatic heterocycles. The van der Waals surface area contributed by atoms with Crippen LogP contribution in [0.25, 0.3) is 0 Å². The van der Waals surface area contributed by atoms with E-state index >= 15 is 0 Å². The Morgan fingerprint density at radius 2 is 2.27 bits per heavy atom. The summed E-state index contributed by atoms with van der Waals surface area (Å²) in [6.45, 7) is 1.91. The van der Waals surface area contributed by atoms with Gasteiger partial charge in [-0.05, 0) is 19.4 Å². The molecular formula is C8H13NO2. The Bertz CT molecular complexity index is 181. The Balaban J connectivity index is 1.96. The summed E-state index contributed by atoms with van der Waals surface area (Å²) in [5, 5.41) is 8.75. The van der Waals surface area contributed by atoms with Gasteiger partial charge < -0.3 is 5.11 Å². The van der Waals surface area contributed by atoms with Crippen LogP contribution in [-0.4, -0.2) is 35.1 Å². The topological polar surface area (TPSA) is 40.5 Å². The predicted octanol–water partition coefficient (Wildman–Crippen LogP) is 0.555. The number of piperidine rings is 1. The van der Waals surface area contributed by atoms with Gasteiger partial charge in [0.25, 0.3) is 0 Å². The summed E-state index contributed by atoms with van der Waals surface area (Å²) in [7, 11) is 0. The van der Waals surface area contributed by atoms with Crippen LogP contribution in [0.15, 0.2) is 0 Å². The third kappa shape index (κ3) is 1.03. The molecule has 2 unspecified atom stereocenters. The van der Waals surface area contributed by atoms with Gasteiger partial charge in [-0.25, -0.2) is 0 Å². The maximum Gasteiger partial charge on any atom is 0.309 e. The first-order valence-corrected chi connectivity index (χ1v) is 4.26. The average Bonchev–Trinajstić information content (AvgIpc) is 1.90. The standard InChI is InChI=1S/C8H13NO2/c10-8(11)6-5-9-4-2-1-3-7(6)9/h6-7H,1-5H2,(H,10,11). The van der Waals surface area contributed by atoms with E-state index in [1.807, 2.05) is 0 Å². The molecule has 0 spiro atoms. The van der Waals surface area contributed by atoms with Gasteiger partial charge in [0.2, 0.25) is 0 Å². The lowest BCUT2D eigenvalue weighted by Crippen LogP contribution is -2.60. The van der Waals surface area contributed by atoms with E-state index in [4.69, 9.17) is 5.11 Å². The number of carboxylic acids is 1. The van der Waals surface area contributed by atoms with Crippen molar-refractivity contribution in [3.8, 4) is 0 Å². The summed E-state index contributed by atoms with van der Waals surface area (Å²) < 4.78 is 0. The molecule has 2 rings (SSSR count). The number of aliphatic carboxylic acids is 1. The molecule has 2 aliphatic rings. The van der Waals surface area contributed by atoms with E-state index < -0.39 is 5.97 Å². The van der Waals surface area contributed by atoms with Crippen molar-refractivity contribution >= 4 is 5.97 Å². The smallest absolute Gasteiger partial charge is 0.309 e. The van der Waals surface area contributed by atoms with Gasteiger partial charge in [0.15, 0.2) is 0 Å². The second-order valence-corrected chi connectivity index (χ2v) is 3.50. The monoisotopic (exact) mass is 155 g/mol. The molecule has 2 heterocycles. The molecule has 3 nitrogen and oxygen atoms in total. The Hall–Kier alpha value is -0.570. The minimum absolute atomic E-state index is 0.0599. The second-order valence-electron chi connectivity index (χ2n) is 3.50. The number of carbonyl (C=O) groups is 1. The summed E-state index contributed by atoms with van der Waals surface area (Å²) in [5.74, 6) is -0.663. The highest BCUT2D eigenvalue weighted by molar-refractivity contribution is 5.72. The maximum atomic E-state index is 10.6. The number of carboxylic acid groups (broad SMARTS) is 1. The van der Waals surface area contributed by atoms with Crippen molar-refractivity contribution in [1.82, 2.24) is 4.90 Å². The predicted molar refractivity (Wildman–Crippen MR) is 40.3 cm³/mol. The van der Waals surface area contributed by atoms with Crippen LogP contribution in [0, 0.1) is 5.92 Å². The first-order valence-electron chi connectivity index (χ1n) is 4.26. The third-order valence-electron chi connectivity index (χ3n) is 2.88. The Morgan fingerprint density at radius 1 is 1.45 bits per heavy atom. The van der Waals surface area contributed by atoms with Gasteiger partial charge >= 0.3 is 5.97 Å². The summed E-state index contributed by atoms with van der Waals surface area (Å²) in [6, 6.07) is 0.376. The van der Waals surface area contributed by atoms with Gasteiger partial charge in [-0.2, -0.15) is 0 Å². The lowest BCUT2D eigenvalue weighted by atomic mass is 9.82.